The zero-order valence-electron chi connectivity index (χ0n) is 9.70. The van der Waals surface area contributed by atoms with Crippen LogP contribution in [0.15, 0.2) is 0 Å². The average molecular weight is 214 g/mol. The molecule has 0 spiro atoms. The van der Waals surface area contributed by atoms with Gasteiger partial charge in [-0.3, -0.25) is 4.79 Å². The van der Waals surface area contributed by atoms with Crippen molar-refractivity contribution in [1.29, 1.82) is 0 Å². The van der Waals surface area contributed by atoms with E-state index < -0.39 is 0 Å². The summed E-state index contributed by atoms with van der Waals surface area (Å²) in [5, 5.41) is 12.2. The molecule has 88 valence electrons. The first-order valence-electron chi connectivity index (χ1n) is 5.82. The predicted molar refractivity (Wildman–Crippen MR) is 59.5 cm³/mol. The molecule has 0 radical (unpaired) electrons. The zero-order valence-corrected chi connectivity index (χ0v) is 9.70. The van der Waals surface area contributed by atoms with E-state index >= 15 is 0 Å². The molecule has 2 atom stereocenters. The fourth-order valence-electron chi connectivity index (χ4n) is 2.16. The van der Waals surface area contributed by atoms with Crippen LogP contribution in [0, 0.1) is 5.92 Å². The molecule has 1 aliphatic heterocycles. The lowest BCUT2D eigenvalue weighted by Gasteiger charge is -2.31. The first-order chi connectivity index (χ1) is 7.19. The first kappa shape index (κ1) is 12.5. The molecule has 1 saturated heterocycles. The van der Waals surface area contributed by atoms with E-state index in [4.69, 9.17) is 5.11 Å². The van der Waals surface area contributed by atoms with Crippen molar-refractivity contribution in [3.8, 4) is 0 Å². The van der Waals surface area contributed by atoms with Crippen LogP contribution < -0.4 is 5.32 Å². The van der Waals surface area contributed by atoms with Gasteiger partial charge in [0.1, 0.15) is 0 Å². The molecule has 4 heteroatoms. The highest BCUT2D eigenvalue weighted by Crippen LogP contribution is 2.18. The number of hydrogen-bond acceptors (Lipinski definition) is 3. The third kappa shape index (κ3) is 3.47. The molecule has 0 aliphatic carbocycles. The van der Waals surface area contributed by atoms with Crippen LogP contribution in [0.1, 0.15) is 26.7 Å². The van der Waals surface area contributed by atoms with Crippen molar-refractivity contribution in [3.05, 3.63) is 0 Å². The van der Waals surface area contributed by atoms with Gasteiger partial charge in [-0.1, -0.05) is 0 Å². The molecule has 1 rings (SSSR count). The van der Waals surface area contributed by atoms with E-state index in [2.05, 4.69) is 12.2 Å². The topological polar surface area (TPSA) is 52.6 Å². The van der Waals surface area contributed by atoms with Crippen LogP contribution in [0.4, 0.5) is 0 Å². The van der Waals surface area contributed by atoms with Crippen molar-refractivity contribution in [2.24, 2.45) is 5.92 Å². The molecule has 0 aromatic rings. The number of piperidine rings is 1. The van der Waals surface area contributed by atoms with Crippen molar-refractivity contribution in [2.75, 3.05) is 26.2 Å². The molecule has 1 fully saturated rings. The van der Waals surface area contributed by atoms with Crippen LogP contribution in [-0.4, -0.2) is 48.2 Å². The van der Waals surface area contributed by atoms with Gasteiger partial charge in [-0.15, -0.1) is 0 Å². The number of likely N-dealkylation sites (N-methyl/N-ethyl adjacent to an activating group) is 1. The Balaban J connectivity index is 2.49. The lowest BCUT2D eigenvalue weighted by Crippen LogP contribution is -2.44. The normalized spacial score (nSPS) is 26.3. The van der Waals surface area contributed by atoms with Gasteiger partial charge in [0.15, 0.2) is 0 Å². The number of rotatable bonds is 4. The quantitative estimate of drug-likeness (QED) is 0.703. The maximum absolute atomic E-state index is 12.1. The summed E-state index contributed by atoms with van der Waals surface area (Å²) < 4.78 is 0. The van der Waals surface area contributed by atoms with Crippen molar-refractivity contribution in [3.63, 3.8) is 0 Å². The fourth-order valence-corrected chi connectivity index (χ4v) is 2.16. The van der Waals surface area contributed by atoms with Gasteiger partial charge in [-0.2, -0.15) is 0 Å². The van der Waals surface area contributed by atoms with Gasteiger partial charge in [0.05, 0.1) is 6.61 Å². The van der Waals surface area contributed by atoms with E-state index in [-0.39, 0.29) is 18.4 Å². The van der Waals surface area contributed by atoms with Crippen LogP contribution in [0.3, 0.4) is 0 Å². The number of amides is 1. The summed E-state index contributed by atoms with van der Waals surface area (Å²) in [6.07, 6.45) is 1.84. The molecule has 4 nitrogen and oxygen atoms in total. The lowest BCUT2D eigenvalue weighted by molar-refractivity contribution is -0.137. The molecule has 1 amide bonds. The molecule has 15 heavy (non-hydrogen) atoms. The Morgan fingerprint density at radius 2 is 2.33 bits per heavy atom. The minimum Gasteiger partial charge on any atom is -0.395 e. The standard InChI is InChI=1S/C11H22N2O2/c1-3-13(6-7-14)11(15)10-4-5-12-9(2)8-10/h9-10,12,14H,3-8H2,1-2H3/t9-,10-/m0/s1. The largest absolute Gasteiger partial charge is 0.395 e. The third-order valence-electron chi connectivity index (χ3n) is 3.04. The smallest absolute Gasteiger partial charge is 0.225 e. The number of aliphatic hydroxyl groups excluding tert-OH is 1. The summed E-state index contributed by atoms with van der Waals surface area (Å²) >= 11 is 0. The summed E-state index contributed by atoms with van der Waals surface area (Å²) in [5.41, 5.74) is 0. The minimum atomic E-state index is 0.0557. The second-order valence-corrected chi connectivity index (χ2v) is 4.22. The third-order valence-corrected chi connectivity index (χ3v) is 3.04. The summed E-state index contributed by atoms with van der Waals surface area (Å²) in [7, 11) is 0. The highest BCUT2D eigenvalue weighted by Gasteiger charge is 2.27. The average Bonchev–Trinajstić information content (AvgIpc) is 2.25. The summed E-state index contributed by atoms with van der Waals surface area (Å²) in [4.78, 5) is 13.8. The lowest BCUT2D eigenvalue weighted by atomic mass is 9.92. The molecular formula is C11H22N2O2. The number of carbonyl (C=O) groups excluding carboxylic acids is 1. The maximum Gasteiger partial charge on any atom is 0.225 e. The van der Waals surface area contributed by atoms with Crippen molar-refractivity contribution in [2.45, 2.75) is 32.7 Å². The van der Waals surface area contributed by atoms with Gasteiger partial charge >= 0.3 is 0 Å². The summed E-state index contributed by atoms with van der Waals surface area (Å²) in [5.74, 6) is 0.354. The van der Waals surface area contributed by atoms with Gasteiger partial charge in [0.2, 0.25) is 5.91 Å². The highest BCUT2D eigenvalue weighted by atomic mass is 16.3. The van der Waals surface area contributed by atoms with E-state index in [9.17, 15) is 4.79 Å². The van der Waals surface area contributed by atoms with Gasteiger partial charge in [-0.05, 0) is 33.2 Å². The summed E-state index contributed by atoms with van der Waals surface area (Å²) in [6, 6.07) is 0.431. The number of carbonyl (C=O) groups is 1. The van der Waals surface area contributed by atoms with Crippen molar-refractivity contribution in [1.82, 2.24) is 10.2 Å². The van der Waals surface area contributed by atoms with Gasteiger partial charge in [0, 0.05) is 25.0 Å². The fraction of sp³-hybridized carbons (Fsp3) is 0.909. The number of nitrogens with zero attached hydrogens (tertiary/aromatic N) is 1. The molecule has 0 bridgehead atoms. The Bertz CT molecular complexity index is 209. The molecule has 1 heterocycles. The molecular weight excluding hydrogens is 192 g/mol. The van der Waals surface area contributed by atoms with Crippen LogP contribution in [-0.2, 0) is 4.79 Å². The van der Waals surface area contributed by atoms with Crippen molar-refractivity contribution >= 4 is 5.91 Å². The number of aliphatic hydroxyl groups is 1. The van der Waals surface area contributed by atoms with Crippen LogP contribution in [0.25, 0.3) is 0 Å². The molecule has 0 aromatic heterocycles. The predicted octanol–water partition coefficient (Wildman–Crippen LogP) is 0.215. The molecule has 0 saturated carbocycles. The summed E-state index contributed by atoms with van der Waals surface area (Å²) in [6.45, 7) is 6.21. The molecule has 0 unspecified atom stereocenters. The Kier molecular flexibility index (Phi) is 5.05. The molecule has 2 N–H and O–H groups in total. The van der Waals surface area contributed by atoms with E-state index in [1.165, 1.54) is 0 Å². The van der Waals surface area contributed by atoms with Crippen LogP contribution in [0.2, 0.25) is 0 Å². The SMILES string of the molecule is CCN(CCO)C(=O)[C@H]1CCN[C@@H](C)C1. The maximum atomic E-state index is 12.1. The van der Waals surface area contributed by atoms with Gasteiger partial charge in [-0.25, -0.2) is 0 Å². The minimum absolute atomic E-state index is 0.0557. The Hall–Kier alpha value is -0.610. The Morgan fingerprint density at radius 3 is 2.87 bits per heavy atom. The molecule has 0 aromatic carbocycles. The van der Waals surface area contributed by atoms with Crippen LogP contribution >= 0.6 is 0 Å². The Morgan fingerprint density at radius 1 is 1.60 bits per heavy atom. The molecule has 1 aliphatic rings. The zero-order chi connectivity index (χ0) is 11.3. The second kappa shape index (κ2) is 6.08. The van der Waals surface area contributed by atoms with E-state index in [0.29, 0.717) is 19.1 Å². The van der Waals surface area contributed by atoms with Gasteiger partial charge in [0.25, 0.3) is 0 Å². The first-order valence-corrected chi connectivity index (χ1v) is 5.82. The Labute approximate surface area is 91.6 Å². The second-order valence-electron chi connectivity index (χ2n) is 4.22. The highest BCUT2D eigenvalue weighted by molar-refractivity contribution is 5.79. The monoisotopic (exact) mass is 214 g/mol. The van der Waals surface area contributed by atoms with E-state index in [0.717, 1.165) is 19.4 Å². The van der Waals surface area contributed by atoms with E-state index in [1.54, 1.807) is 4.90 Å². The van der Waals surface area contributed by atoms with Gasteiger partial charge < -0.3 is 15.3 Å². The van der Waals surface area contributed by atoms with Crippen LogP contribution in [0.5, 0.6) is 0 Å². The van der Waals surface area contributed by atoms with Crippen molar-refractivity contribution < 1.29 is 9.90 Å². The van der Waals surface area contributed by atoms with E-state index in [1.807, 2.05) is 6.92 Å². The number of hydrogen-bond donors (Lipinski definition) is 2. The number of nitrogens with one attached hydrogen (secondary N) is 1.